The molecule has 0 spiro atoms. The molecule has 0 N–H and O–H groups in total. The van der Waals surface area contributed by atoms with Gasteiger partial charge in [0.2, 0.25) is 0 Å². The molecule has 2 aromatic heterocycles. The van der Waals surface area contributed by atoms with Gasteiger partial charge in [-0.3, -0.25) is 4.40 Å². The summed E-state index contributed by atoms with van der Waals surface area (Å²) >= 11 is 9.81. The molecule has 0 amide bonds. The van der Waals surface area contributed by atoms with Crippen molar-refractivity contribution in [1.82, 2.24) is 9.38 Å². The second kappa shape index (κ2) is 4.41. The van der Waals surface area contributed by atoms with Crippen LogP contribution in [0.1, 0.15) is 5.56 Å². The van der Waals surface area contributed by atoms with Crippen molar-refractivity contribution in [2.24, 2.45) is 0 Å². The summed E-state index contributed by atoms with van der Waals surface area (Å²) in [5.41, 5.74) is 3.85. The Morgan fingerprint density at radius 3 is 2.56 bits per heavy atom. The van der Waals surface area contributed by atoms with E-state index in [1.165, 1.54) is 0 Å². The van der Waals surface area contributed by atoms with E-state index in [1.807, 2.05) is 53.9 Å². The van der Waals surface area contributed by atoms with E-state index in [0.717, 1.165) is 26.9 Å². The maximum Gasteiger partial charge on any atom is 0.141 e. The molecule has 0 aliphatic rings. The number of rotatable bonds is 1. The van der Waals surface area contributed by atoms with Crippen LogP contribution < -0.4 is 0 Å². The van der Waals surface area contributed by atoms with E-state index in [0.29, 0.717) is 5.15 Å². The van der Waals surface area contributed by atoms with Gasteiger partial charge in [-0.15, -0.1) is 0 Å². The van der Waals surface area contributed by atoms with Crippen molar-refractivity contribution in [2.75, 3.05) is 0 Å². The van der Waals surface area contributed by atoms with Crippen LogP contribution in [0.15, 0.2) is 47.1 Å². The van der Waals surface area contributed by atoms with E-state index >= 15 is 0 Å². The molecule has 1 aromatic carbocycles. The molecule has 3 rings (SSSR count). The number of pyridine rings is 1. The Morgan fingerprint density at radius 1 is 1.11 bits per heavy atom. The third kappa shape index (κ3) is 1.93. The number of benzene rings is 1. The van der Waals surface area contributed by atoms with Crippen molar-refractivity contribution in [3.8, 4) is 11.3 Å². The fraction of sp³-hybridized carbons (Fsp3) is 0.0714. The minimum atomic E-state index is 0.649. The highest BCUT2D eigenvalue weighted by molar-refractivity contribution is 9.10. The first-order chi connectivity index (χ1) is 8.65. The van der Waals surface area contributed by atoms with Gasteiger partial charge >= 0.3 is 0 Å². The second-order valence-electron chi connectivity index (χ2n) is 4.19. The Hall–Kier alpha value is -1.32. The third-order valence-corrected chi connectivity index (χ3v) is 3.72. The summed E-state index contributed by atoms with van der Waals surface area (Å²) in [7, 11) is 0. The van der Waals surface area contributed by atoms with Gasteiger partial charge in [-0.2, -0.15) is 0 Å². The molecule has 0 radical (unpaired) electrons. The number of aromatic nitrogens is 2. The van der Waals surface area contributed by atoms with Crippen LogP contribution >= 0.6 is 27.5 Å². The number of hydrogen-bond donors (Lipinski definition) is 0. The molecule has 0 fully saturated rings. The van der Waals surface area contributed by atoms with Crippen molar-refractivity contribution in [2.45, 2.75) is 6.92 Å². The van der Waals surface area contributed by atoms with Gasteiger partial charge in [0.15, 0.2) is 0 Å². The molecule has 0 bridgehead atoms. The minimum Gasteiger partial charge on any atom is -0.290 e. The SMILES string of the molecule is Cc1ccc2nc(-c3ccc(Br)cc3)c(Cl)n2c1. The molecule has 18 heavy (non-hydrogen) atoms. The predicted molar refractivity (Wildman–Crippen MR) is 78.1 cm³/mol. The van der Waals surface area contributed by atoms with Crippen molar-refractivity contribution < 1.29 is 0 Å². The van der Waals surface area contributed by atoms with E-state index < -0.39 is 0 Å². The van der Waals surface area contributed by atoms with Crippen molar-refractivity contribution in [3.63, 3.8) is 0 Å². The number of aryl methyl sites for hydroxylation is 1. The molecule has 0 saturated heterocycles. The van der Waals surface area contributed by atoms with Crippen molar-refractivity contribution >= 4 is 33.2 Å². The molecule has 3 aromatic rings. The second-order valence-corrected chi connectivity index (χ2v) is 5.47. The Kier molecular flexibility index (Phi) is 2.88. The molecule has 0 unspecified atom stereocenters. The first kappa shape index (κ1) is 11.8. The number of hydrogen-bond acceptors (Lipinski definition) is 1. The zero-order chi connectivity index (χ0) is 12.7. The maximum absolute atomic E-state index is 6.39. The lowest BCUT2D eigenvalue weighted by atomic mass is 10.2. The number of nitrogens with zero attached hydrogens (tertiary/aromatic N) is 2. The monoisotopic (exact) mass is 320 g/mol. The Balaban J connectivity index is 2.23. The number of halogens is 2. The first-order valence-electron chi connectivity index (χ1n) is 5.55. The first-order valence-corrected chi connectivity index (χ1v) is 6.72. The van der Waals surface area contributed by atoms with E-state index in [4.69, 9.17) is 11.6 Å². The van der Waals surface area contributed by atoms with E-state index in [1.54, 1.807) is 0 Å². The molecular formula is C14H10BrClN2. The van der Waals surface area contributed by atoms with Gasteiger partial charge in [-0.1, -0.05) is 45.7 Å². The van der Waals surface area contributed by atoms with Crippen molar-refractivity contribution in [3.05, 3.63) is 57.8 Å². The standard InChI is InChI=1S/C14H10BrClN2/c1-9-2-7-12-17-13(14(16)18(12)8-9)10-3-5-11(15)6-4-10/h2-8H,1H3. The minimum absolute atomic E-state index is 0.649. The van der Waals surface area contributed by atoms with Crippen LogP contribution in [0.5, 0.6) is 0 Å². The molecule has 2 nitrogen and oxygen atoms in total. The van der Waals surface area contributed by atoms with Crippen LogP contribution in [-0.2, 0) is 0 Å². The zero-order valence-corrected chi connectivity index (χ0v) is 12.0. The highest BCUT2D eigenvalue weighted by atomic mass is 79.9. The van der Waals surface area contributed by atoms with E-state index in [9.17, 15) is 0 Å². The van der Waals surface area contributed by atoms with Crippen LogP contribution in [0.2, 0.25) is 5.15 Å². The summed E-state index contributed by atoms with van der Waals surface area (Å²) in [5.74, 6) is 0. The topological polar surface area (TPSA) is 17.3 Å². The fourth-order valence-electron chi connectivity index (χ4n) is 1.91. The third-order valence-electron chi connectivity index (χ3n) is 2.83. The van der Waals surface area contributed by atoms with Gasteiger partial charge in [0, 0.05) is 16.2 Å². The largest absolute Gasteiger partial charge is 0.290 e. The molecule has 90 valence electrons. The zero-order valence-electron chi connectivity index (χ0n) is 9.69. The van der Waals surface area contributed by atoms with Gasteiger partial charge in [0.05, 0.1) is 0 Å². The van der Waals surface area contributed by atoms with Gasteiger partial charge in [-0.05, 0) is 30.7 Å². The Bertz CT molecular complexity index is 716. The highest BCUT2D eigenvalue weighted by Crippen LogP contribution is 2.29. The molecule has 0 aliphatic heterocycles. The Labute approximate surface area is 118 Å². The Morgan fingerprint density at radius 2 is 1.83 bits per heavy atom. The van der Waals surface area contributed by atoms with E-state index in [-0.39, 0.29) is 0 Å². The number of imidazole rings is 1. The normalized spacial score (nSPS) is 11.1. The maximum atomic E-state index is 6.39. The smallest absolute Gasteiger partial charge is 0.141 e. The molecule has 2 heterocycles. The summed E-state index contributed by atoms with van der Waals surface area (Å²) in [6, 6.07) is 12.0. The van der Waals surface area contributed by atoms with Gasteiger partial charge in [0.25, 0.3) is 0 Å². The summed E-state index contributed by atoms with van der Waals surface area (Å²) in [6.45, 7) is 2.04. The number of fused-ring (bicyclic) bond motifs is 1. The summed E-state index contributed by atoms with van der Waals surface area (Å²) in [6.07, 6.45) is 1.99. The van der Waals surface area contributed by atoms with Crippen LogP contribution in [0, 0.1) is 6.92 Å². The van der Waals surface area contributed by atoms with Crippen LogP contribution in [-0.4, -0.2) is 9.38 Å². The molecule has 0 atom stereocenters. The average Bonchev–Trinajstić information content (AvgIpc) is 2.68. The molecular weight excluding hydrogens is 312 g/mol. The predicted octanol–water partition coefficient (Wildman–Crippen LogP) is 4.73. The van der Waals surface area contributed by atoms with Crippen molar-refractivity contribution in [1.29, 1.82) is 0 Å². The average molecular weight is 322 g/mol. The van der Waals surface area contributed by atoms with Gasteiger partial charge in [0.1, 0.15) is 16.5 Å². The highest BCUT2D eigenvalue weighted by Gasteiger charge is 2.11. The lowest BCUT2D eigenvalue weighted by Crippen LogP contribution is -1.85. The summed E-state index contributed by atoms with van der Waals surface area (Å²) in [4.78, 5) is 4.57. The molecule has 0 aliphatic carbocycles. The van der Waals surface area contributed by atoms with Crippen LogP contribution in [0.3, 0.4) is 0 Å². The summed E-state index contributed by atoms with van der Waals surface area (Å²) in [5, 5.41) is 0.649. The summed E-state index contributed by atoms with van der Waals surface area (Å²) < 4.78 is 2.95. The quantitative estimate of drug-likeness (QED) is 0.633. The molecule has 0 saturated carbocycles. The molecule has 4 heteroatoms. The lowest BCUT2D eigenvalue weighted by Gasteiger charge is -1.98. The van der Waals surface area contributed by atoms with Gasteiger partial charge in [-0.25, -0.2) is 4.98 Å². The van der Waals surface area contributed by atoms with Gasteiger partial charge < -0.3 is 0 Å². The van der Waals surface area contributed by atoms with E-state index in [2.05, 4.69) is 20.9 Å². The van der Waals surface area contributed by atoms with Crippen LogP contribution in [0.25, 0.3) is 16.9 Å². The van der Waals surface area contributed by atoms with Crippen LogP contribution in [0.4, 0.5) is 0 Å². The lowest BCUT2D eigenvalue weighted by molar-refractivity contribution is 1.16. The fourth-order valence-corrected chi connectivity index (χ4v) is 2.46.